The number of aromatic nitrogens is 1. The van der Waals surface area contributed by atoms with E-state index in [9.17, 15) is 15.2 Å². The van der Waals surface area contributed by atoms with Crippen LogP contribution in [0, 0.1) is 11.3 Å². The number of rotatable bonds is 5. The smallest absolute Gasteiger partial charge is 0.346 e. The van der Waals surface area contributed by atoms with E-state index in [4.69, 9.17) is 18.9 Å². The Morgan fingerprint density at radius 3 is 1.65 bits per heavy atom. The van der Waals surface area contributed by atoms with Crippen LogP contribution in [0.4, 0.5) is 0 Å². The highest BCUT2D eigenvalue weighted by atomic mass is 32.1. The topological polar surface area (TPSA) is 103 Å². The summed E-state index contributed by atoms with van der Waals surface area (Å²) in [5.74, 6) is 1.87. The molecule has 0 saturated heterocycles. The summed E-state index contributed by atoms with van der Waals surface area (Å²) in [6.07, 6.45) is 9.12. The Morgan fingerprint density at radius 2 is 1.07 bits per heavy atom. The molecule has 0 atom stereocenters. The molecule has 2 bridgehead atoms. The number of hydrogen-bond donors (Lipinski definition) is 1. The highest BCUT2D eigenvalue weighted by molar-refractivity contribution is 7.28. The highest BCUT2D eigenvalue weighted by Crippen LogP contribution is 2.57. The minimum Gasteiger partial charge on any atom is -0.493 e. The zero-order valence-corrected chi connectivity index (χ0v) is 40.3. The van der Waals surface area contributed by atoms with Crippen molar-refractivity contribution in [2.75, 3.05) is 26.4 Å². The van der Waals surface area contributed by atoms with Crippen LogP contribution in [0.25, 0.3) is 85.8 Å². The second-order valence-electron chi connectivity index (χ2n) is 17.3. The van der Waals surface area contributed by atoms with Gasteiger partial charge < -0.3 is 28.6 Å². The molecule has 0 saturated carbocycles. The van der Waals surface area contributed by atoms with Crippen LogP contribution in [0.1, 0.15) is 56.2 Å². The van der Waals surface area contributed by atoms with Crippen LogP contribution in [0.2, 0.25) is 0 Å². The van der Waals surface area contributed by atoms with Crippen molar-refractivity contribution >= 4 is 67.9 Å². The van der Waals surface area contributed by atoms with Crippen molar-refractivity contribution in [1.29, 1.82) is 5.26 Å². The summed E-state index contributed by atoms with van der Waals surface area (Å²) in [6, 6.07) is 48.6. The average molecular weight is 965 g/mol. The molecule has 2 aliphatic rings. The highest BCUT2D eigenvalue weighted by Gasteiger charge is 2.29. The first kappa shape index (κ1) is 44.4. The number of hydrogen-bond acceptors (Lipinski definition) is 9. The number of benzene rings is 5. The predicted octanol–water partition coefficient (Wildman–Crippen LogP) is 16.0. The Morgan fingerprint density at radius 1 is 0.536 bits per heavy atom. The fourth-order valence-corrected chi connectivity index (χ4v) is 13.0. The first-order valence-electron chi connectivity index (χ1n) is 23.6. The molecule has 4 aromatic heterocycles. The minimum absolute atomic E-state index is 0.311. The summed E-state index contributed by atoms with van der Waals surface area (Å²) in [5.41, 5.74) is 8.01. The van der Waals surface area contributed by atoms with E-state index in [1.54, 1.807) is 22.7 Å². The van der Waals surface area contributed by atoms with Crippen LogP contribution in [-0.4, -0.2) is 42.1 Å². The van der Waals surface area contributed by atoms with Gasteiger partial charge in [-0.25, -0.2) is 4.79 Å². The molecule has 5 aromatic carbocycles. The Bertz CT molecular complexity index is 3370. The van der Waals surface area contributed by atoms with Crippen LogP contribution in [-0.2, 0) is 4.79 Å². The monoisotopic (exact) mass is 964 g/mol. The van der Waals surface area contributed by atoms with Crippen LogP contribution < -0.4 is 18.9 Å². The van der Waals surface area contributed by atoms with E-state index in [1.165, 1.54) is 28.2 Å². The molecular formula is C58H48N2O6S3. The third-order valence-electron chi connectivity index (χ3n) is 12.8. The maximum absolute atomic E-state index is 11.9. The van der Waals surface area contributed by atoms with Gasteiger partial charge in [-0.05, 0) is 142 Å². The quantitative estimate of drug-likeness (QED) is 0.135. The third kappa shape index (κ3) is 8.92. The van der Waals surface area contributed by atoms with Crippen LogP contribution in [0.3, 0.4) is 0 Å². The molecule has 0 radical (unpaired) electrons. The lowest BCUT2D eigenvalue weighted by molar-refractivity contribution is -0.132. The second kappa shape index (κ2) is 19.9. The van der Waals surface area contributed by atoms with E-state index in [0.29, 0.717) is 31.3 Å². The number of aliphatic carboxylic acids is 1. The van der Waals surface area contributed by atoms with Gasteiger partial charge in [-0.2, -0.15) is 5.26 Å². The molecule has 9 aromatic rings. The van der Waals surface area contributed by atoms with Gasteiger partial charge in [-0.3, -0.25) is 0 Å². The minimum atomic E-state index is -1.25. The molecule has 8 nitrogen and oxygen atoms in total. The SMILES string of the molecule is N#C/C(=C\c1ccc(-c2cc3c(s2)-c2sc(-c4ccc5c(c4)c4ccccc4n5-c4ccccc4)cc2-c2c4cccc2OCCCCCCOc2cccc(c2-3)OCCCCCCO4)s1)C(=O)O. The molecule has 1 N–H and O–H groups in total. The fraction of sp³-hybridized carbons (Fsp3) is 0.207. The lowest BCUT2D eigenvalue weighted by atomic mass is 9.97. The number of thiophene rings is 3. The molecule has 11 heteroatoms. The zero-order chi connectivity index (χ0) is 46.7. The summed E-state index contributed by atoms with van der Waals surface area (Å²) in [5, 5.41) is 21.7. The molecule has 0 amide bonds. The van der Waals surface area contributed by atoms with Gasteiger partial charge in [-0.15, -0.1) is 34.0 Å². The molecule has 344 valence electrons. The van der Waals surface area contributed by atoms with Gasteiger partial charge in [0.15, 0.2) is 0 Å². The van der Waals surface area contributed by atoms with Gasteiger partial charge in [0.2, 0.25) is 0 Å². The van der Waals surface area contributed by atoms with Crippen molar-refractivity contribution in [3.63, 3.8) is 0 Å². The zero-order valence-electron chi connectivity index (χ0n) is 37.9. The van der Waals surface area contributed by atoms with Crippen LogP contribution >= 0.6 is 34.0 Å². The van der Waals surface area contributed by atoms with Gasteiger partial charge in [0.25, 0.3) is 0 Å². The van der Waals surface area contributed by atoms with Gasteiger partial charge in [-0.1, -0.05) is 54.6 Å². The van der Waals surface area contributed by atoms with Gasteiger partial charge in [0, 0.05) is 47.1 Å². The van der Waals surface area contributed by atoms with E-state index in [1.807, 2.05) is 30.3 Å². The molecule has 2 aliphatic heterocycles. The Hall–Kier alpha value is -7.10. The van der Waals surface area contributed by atoms with Gasteiger partial charge >= 0.3 is 5.97 Å². The van der Waals surface area contributed by atoms with Crippen LogP contribution in [0.15, 0.2) is 139 Å². The van der Waals surface area contributed by atoms with E-state index in [2.05, 4.69) is 114 Å². The normalized spacial score (nSPS) is 14.6. The summed E-state index contributed by atoms with van der Waals surface area (Å²) in [7, 11) is 0. The first-order valence-corrected chi connectivity index (χ1v) is 26.1. The molecule has 6 heterocycles. The number of fused-ring (bicyclic) bond motifs is 3. The standard InChI is InChI=1S/C58H48N2O6S3/c59-36-38(58(61)62)32-40-25-27-51(67-40)53-35-44-55-49-22-15-23-50(55)66-31-13-4-2-11-29-64-48-21-14-20-47(63-28-10-1-3-12-30-65-49)54(48)43-34-52(68-56(43)57(44)69-53)37-24-26-46-42(33-37)41-18-8-9-19-45(41)60(46)39-16-6-5-7-17-39/h5-9,14-27,32-35H,1-4,10-13,28-31H2,(H,61,62)/b38-32+. The Balaban J connectivity index is 1.19. The van der Waals surface area contributed by atoms with Crippen molar-refractivity contribution in [1.82, 2.24) is 4.57 Å². The van der Waals surface area contributed by atoms with Crippen molar-refractivity contribution < 1.29 is 28.8 Å². The van der Waals surface area contributed by atoms with E-state index in [0.717, 1.165) is 143 Å². The third-order valence-corrected chi connectivity index (χ3v) is 16.5. The van der Waals surface area contributed by atoms with Crippen molar-refractivity contribution in [2.45, 2.75) is 51.4 Å². The Kier molecular flexibility index (Phi) is 12.8. The molecule has 0 unspecified atom stereocenters. The fourth-order valence-electron chi connectivity index (χ4n) is 9.46. The number of nitrogens with zero attached hydrogens (tertiary/aromatic N) is 2. The van der Waals surface area contributed by atoms with E-state index >= 15 is 0 Å². The summed E-state index contributed by atoms with van der Waals surface area (Å²) in [4.78, 5) is 17.7. The summed E-state index contributed by atoms with van der Waals surface area (Å²) in [6.45, 7) is 2.29. The largest absolute Gasteiger partial charge is 0.493 e. The van der Waals surface area contributed by atoms with Crippen molar-refractivity contribution in [3.8, 4) is 87.0 Å². The average Bonchev–Trinajstić information content (AvgIpc) is 4.19. The number of para-hydroxylation sites is 2. The summed E-state index contributed by atoms with van der Waals surface area (Å²) < 4.78 is 29.5. The molecular weight excluding hydrogens is 917 g/mol. The summed E-state index contributed by atoms with van der Waals surface area (Å²) >= 11 is 4.90. The van der Waals surface area contributed by atoms with Crippen LogP contribution in [0.5, 0.6) is 23.0 Å². The number of carboxylic acids is 1. The lowest BCUT2D eigenvalue weighted by Crippen LogP contribution is -2.05. The Labute approximate surface area is 412 Å². The van der Waals surface area contributed by atoms with Crippen molar-refractivity contribution in [3.05, 3.63) is 144 Å². The maximum Gasteiger partial charge on any atom is 0.346 e. The molecule has 0 aliphatic carbocycles. The van der Waals surface area contributed by atoms with Gasteiger partial charge in [0.1, 0.15) is 34.6 Å². The number of carbonyl (C=O) groups is 1. The van der Waals surface area contributed by atoms with E-state index in [-0.39, 0.29) is 5.57 Å². The lowest BCUT2D eigenvalue weighted by Gasteiger charge is -2.20. The second-order valence-corrected chi connectivity index (χ2v) is 20.5. The number of nitriles is 1. The maximum atomic E-state index is 11.9. The van der Waals surface area contributed by atoms with E-state index < -0.39 is 5.97 Å². The molecule has 11 rings (SSSR count). The molecule has 69 heavy (non-hydrogen) atoms. The van der Waals surface area contributed by atoms with Crippen molar-refractivity contribution in [2.24, 2.45) is 0 Å². The van der Waals surface area contributed by atoms with Gasteiger partial charge in [0.05, 0.1) is 58.3 Å². The predicted molar refractivity (Wildman–Crippen MR) is 282 cm³/mol. The molecule has 0 fully saturated rings. The first-order chi connectivity index (χ1) is 34.0. The molecule has 0 spiro atoms. The number of carboxylic acid groups (broad SMARTS) is 1. The number of ether oxygens (including phenoxy) is 4.